The predicted molar refractivity (Wildman–Crippen MR) is 95.1 cm³/mol. The van der Waals surface area contributed by atoms with Crippen molar-refractivity contribution in [3.05, 3.63) is 76.3 Å². The molecule has 0 radical (unpaired) electrons. The first-order valence-corrected chi connectivity index (χ1v) is 7.61. The van der Waals surface area contributed by atoms with Crippen LogP contribution in [0.5, 0.6) is 5.88 Å². The number of anilines is 1. The molecule has 3 rings (SSSR count). The van der Waals surface area contributed by atoms with Gasteiger partial charge < -0.3 is 10.1 Å². The van der Waals surface area contributed by atoms with Crippen LogP contribution in [0.15, 0.2) is 60.7 Å². The van der Waals surface area contributed by atoms with Crippen LogP contribution in [-0.2, 0) is 0 Å². The molecule has 0 spiro atoms. The molecule has 1 aromatic heterocycles. The van der Waals surface area contributed by atoms with Gasteiger partial charge in [-0.1, -0.05) is 12.1 Å². The number of methoxy groups -OCH3 is 1. The summed E-state index contributed by atoms with van der Waals surface area (Å²) in [4.78, 5) is 22.3. The van der Waals surface area contributed by atoms with E-state index in [9.17, 15) is 14.9 Å². The van der Waals surface area contributed by atoms with E-state index in [0.29, 0.717) is 22.8 Å². The maximum Gasteiger partial charge on any atom is 0.269 e. The third-order valence-electron chi connectivity index (χ3n) is 3.63. The van der Waals surface area contributed by atoms with Crippen molar-refractivity contribution in [1.82, 2.24) is 10.2 Å². The van der Waals surface area contributed by atoms with Gasteiger partial charge in [0, 0.05) is 35.0 Å². The Morgan fingerprint density at radius 3 is 2.23 bits per heavy atom. The first-order valence-electron chi connectivity index (χ1n) is 7.61. The smallest absolute Gasteiger partial charge is 0.269 e. The highest BCUT2D eigenvalue weighted by Gasteiger charge is 2.10. The molecular formula is C18H14N4O4. The first kappa shape index (κ1) is 17.0. The third-order valence-corrected chi connectivity index (χ3v) is 3.63. The minimum atomic E-state index is -0.511. The number of aromatic nitrogens is 2. The number of non-ortho nitro benzene ring substituents is 1. The fraction of sp³-hybridized carbons (Fsp3) is 0.0556. The van der Waals surface area contributed by atoms with Crippen LogP contribution in [0.4, 0.5) is 11.4 Å². The number of carbonyl (C=O) groups excluding carboxylic acids is 1. The van der Waals surface area contributed by atoms with Crippen molar-refractivity contribution in [3.63, 3.8) is 0 Å². The van der Waals surface area contributed by atoms with Crippen LogP contribution < -0.4 is 10.1 Å². The number of nitro groups is 1. The molecule has 26 heavy (non-hydrogen) atoms. The Labute approximate surface area is 148 Å². The average molecular weight is 350 g/mol. The third kappa shape index (κ3) is 3.81. The number of benzene rings is 2. The Bertz CT molecular complexity index is 923. The van der Waals surface area contributed by atoms with Gasteiger partial charge in [0.25, 0.3) is 11.6 Å². The van der Waals surface area contributed by atoms with E-state index in [1.807, 2.05) is 12.1 Å². The Morgan fingerprint density at radius 1 is 1.00 bits per heavy atom. The van der Waals surface area contributed by atoms with Crippen molar-refractivity contribution in [2.45, 2.75) is 0 Å². The number of ether oxygens (including phenoxy) is 1. The molecule has 2 aromatic carbocycles. The molecule has 130 valence electrons. The molecule has 1 N–H and O–H groups in total. The molecule has 0 aliphatic heterocycles. The molecular weight excluding hydrogens is 336 g/mol. The summed E-state index contributed by atoms with van der Waals surface area (Å²) in [6.45, 7) is 0. The summed E-state index contributed by atoms with van der Waals surface area (Å²) in [6, 6.07) is 16.0. The highest BCUT2D eigenvalue weighted by atomic mass is 16.6. The molecule has 0 saturated heterocycles. The molecule has 0 fully saturated rings. The molecule has 1 heterocycles. The summed E-state index contributed by atoms with van der Waals surface area (Å²) in [7, 11) is 1.52. The van der Waals surface area contributed by atoms with Gasteiger partial charge in [0.15, 0.2) is 0 Å². The van der Waals surface area contributed by atoms with Gasteiger partial charge in [-0.05, 0) is 30.3 Å². The van der Waals surface area contributed by atoms with Crippen LogP contribution in [0.1, 0.15) is 10.4 Å². The van der Waals surface area contributed by atoms with Crippen molar-refractivity contribution in [2.24, 2.45) is 0 Å². The standard InChI is InChI=1S/C18H14N4O4/c1-26-17-11-10-16(20-21-17)12-2-6-14(7-3-12)19-18(23)13-4-8-15(9-5-13)22(24)25/h2-11H,1H3,(H,19,23). The number of nitrogens with zero attached hydrogens (tertiary/aromatic N) is 3. The summed E-state index contributed by atoms with van der Waals surface area (Å²) in [5.41, 5.74) is 2.39. The van der Waals surface area contributed by atoms with E-state index < -0.39 is 4.92 Å². The predicted octanol–water partition coefficient (Wildman–Crippen LogP) is 3.31. The number of hydrogen-bond acceptors (Lipinski definition) is 6. The van der Waals surface area contributed by atoms with Crippen LogP contribution in [0.2, 0.25) is 0 Å². The number of hydrogen-bond donors (Lipinski definition) is 1. The van der Waals surface area contributed by atoms with E-state index >= 15 is 0 Å². The van der Waals surface area contributed by atoms with Crippen LogP contribution >= 0.6 is 0 Å². The van der Waals surface area contributed by atoms with Gasteiger partial charge in [0.2, 0.25) is 5.88 Å². The average Bonchev–Trinajstić information content (AvgIpc) is 2.68. The van der Waals surface area contributed by atoms with Crippen LogP contribution in [0.3, 0.4) is 0 Å². The van der Waals surface area contributed by atoms with Gasteiger partial charge in [0.1, 0.15) is 0 Å². The number of nitrogens with one attached hydrogen (secondary N) is 1. The van der Waals surface area contributed by atoms with Gasteiger partial charge in [-0.25, -0.2) is 0 Å². The SMILES string of the molecule is COc1ccc(-c2ccc(NC(=O)c3ccc([N+](=O)[O-])cc3)cc2)nn1. The second-order valence-electron chi connectivity index (χ2n) is 5.30. The van der Waals surface area contributed by atoms with E-state index in [1.165, 1.54) is 31.4 Å². The zero-order valence-corrected chi connectivity index (χ0v) is 13.7. The lowest BCUT2D eigenvalue weighted by Gasteiger charge is -2.07. The molecule has 0 aliphatic carbocycles. The van der Waals surface area contributed by atoms with Crippen molar-refractivity contribution in [2.75, 3.05) is 12.4 Å². The first-order chi connectivity index (χ1) is 12.6. The lowest BCUT2D eigenvalue weighted by atomic mass is 10.1. The summed E-state index contributed by atoms with van der Waals surface area (Å²) in [5, 5.41) is 21.4. The van der Waals surface area contributed by atoms with Gasteiger partial charge >= 0.3 is 0 Å². The molecule has 0 bridgehead atoms. The van der Waals surface area contributed by atoms with Crippen molar-refractivity contribution in [3.8, 4) is 17.1 Å². The Morgan fingerprint density at radius 2 is 1.69 bits per heavy atom. The number of carbonyl (C=O) groups is 1. The summed E-state index contributed by atoms with van der Waals surface area (Å²) < 4.78 is 4.97. The van der Waals surface area contributed by atoms with Crippen LogP contribution in [0, 0.1) is 10.1 Å². The summed E-state index contributed by atoms with van der Waals surface area (Å²) in [5.74, 6) is 0.0811. The van der Waals surface area contributed by atoms with Crippen molar-refractivity contribution >= 4 is 17.3 Å². The molecule has 8 heteroatoms. The minimum Gasteiger partial charge on any atom is -0.480 e. The van der Waals surface area contributed by atoms with Crippen LogP contribution in [-0.4, -0.2) is 28.1 Å². The van der Waals surface area contributed by atoms with Crippen molar-refractivity contribution < 1.29 is 14.5 Å². The fourth-order valence-electron chi connectivity index (χ4n) is 2.24. The second kappa shape index (κ2) is 7.39. The Hall–Kier alpha value is -3.81. The van der Waals surface area contributed by atoms with E-state index in [-0.39, 0.29) is 11.6 Å². The Balaban J connectivity index is 1.70. The highest BCUT2D eigenvalue weighted by molar-refractivity contribution is 6.04. The largest absolute Gasteiger partial charge is 0.480 e. The number of nitro benzene ring substituents is 1. The second-order valence-corrected chi connectivity index (χ2v) is 5.30. The molecule has 0 unspecified atom stereocenters. The lowest BCUT2D eigenvalue weighted by Crippen LogP contribution is -2.11. The number of amides is 1. The molecule has 8 nitrogen and oxygen atoms in total. The van der Waals surface area contributed by atoms with Gasteiger partial charge in [0.05, 0.1) is 17.7 Å². The fourth-order valence-corrected chi connectivity index (χ4v) is 2.24. The van der Waals surface area contributed by atoms with E-state index in [1.54, 1.807) is 24.3 Å². The van der Waals surface area contributed by atoms with Crippen LogP contribution in [0.25, 0.3) is 11.3 Å². The topological polar surface area (TPSA) is 107 Å². The molecule has 1 amide bonds. The minimum absolute atomic E-state index is 0.0634. The van der Waals surface area contributed by atoms with Gasteiger partial charge in [-0.3, -0.25) is 14.9 Å². The molecule has 0 atom stereocenters. The molecule has 0 saturated carbocycles. The summed E-state index contributed by atoms with van der Waals surface area (Å²) in [6.07, 6.45) is 0. The summed E-state index contributed by atoms with van der Waals surface area (Å²) >= 11 is 0. The zero-order valence-electron chi connectivity index (χ0n) is 13.7. The van der Waals surface area contributed by atoms with E-state index in [4.69, 9.17) is 4.74 Å². The maximum absolute atomic E-state index is 12.2. The number of rotatable bonds is 5. The van der Waals surface area contributed by atoms with Crippen molar-refractivity contribution in [1.29, 1.82) is 0 Å². The van der Waals surface area contributed by atoms with Gasteiger partial charge in [-0.15, -0.1) is 10.2 Å². The quantitative estimate of drug-likeness (QED) is 0.559. The van der Waals surface area contributed by atoms with E-state index in [2.05, 4.69) is 15.5 Å². The van der Waals surface area contributed by atoms with E-state index in [0.717, 1.165) is 5.56 Å². The molecule has 0 aliphatic rings. The lowest BCUT2D eigenvalue weighted by molar-refractivity contribution is -0.384. The maximum atomic E-state index is 12.2. The highest BCUT2D eigenvalue weighted by Crippen LogP contribution is 2.21. The molecule has 3 aromatic rings. The van der Waals surface area contributed by atoms with Gasteiger partial charge in [-0.2, -0.15) is 0 Å². The monoisotopic (exact) mass is 350 g/mol. The zero-order chi connectivity index (χ0) is 18.5. The Kier molecular flexibility index (Phi) is 4.84. The normalized spacial score (nSPS) is 10.2.